The third-order valence-electron chi connectivity index (χ3n) is 3.56. The highest BCUT2D eigenvalue weighted by atomic mass is 16.3. The molecule has 0 aromatic rings. The summed E-state index contributed by atoms with van der Waals surface area (Å²) in [5.41, 5.74) is 0. The molecule has 4 atom stereocenters. The second-order valence-electron chi connectivity index (χ2n) is 5.07. The predicted molar refractivity (Wildman–Crippen MR) is 56.9 cm³/mol. The van der Waals surface area contributed by atoms with Crippen molar-refractivity contribution in [2.45, 2.75) is 46.6 Å². The van der Waals surface area contributed by atoms with Crippen LogP contribution in [0.15, 0.2) is 0 Å². The van der Waals surface area contributed by atoms with Gasteiger partial charge in [0.1, 0.15) is 5.78 Å². The lowest BCUT2D eigenvalue weighted by molar-refractivity contribution is -0.137. The Hall–Kier alpha value is -0.370. The van der Waals surface area contributed by atoms with Crippen LogP contribution in [0.2, 0.25) is 0 Å². The van der Waals surface area contributed by atoms with Crippen molar-refractivity contribution >= 4 is 5.78 Å². The zero-order chi connectivity index (χ0) is 10.9. The Bertz CT molecular complexity index is 208. The second kappa shape index (κ2) is 4.43. The van der Waals surface area contributed by atoms with Crippen molar-refractivity contribution in [2.75, 3.05) is 0 Å². The van der Waals surface area contributed by atoms with Gasteiger partial charge in [0.25, 0.3) is 0 Å². The maximum Gasteiger partial charge on any atom is 0.142 e. The van der Waals surface area contributed by atoms with E-state index in [1.165, 1.54) is 0 Å². The number of aliphatic hydroxyl groups is 1. The van der Waals surface area contributed by atoms with Gasteiger partial charge in [0.05, 0.1) is 6.10 Å². The number of aliphatic hydroxyl groups excluding tert-OH is 1. The van der Waals surface area contributed by atoms with E-state index in [1.54, 1.807) is 6.92 Å². The predicted octanol–water partition coefficient (Wildman–Crippen LogP) is 2.25. The maximum atomic E-state index is 12.1. The van der Waals surface area contributed by atoms with Crippen LogP contribution in [-0.2, 0) is 4.79 Å². The van der Waals surface area contributed by atoms with E-state index >= 15 is 0 Å². The monoisotopic (exact) mass is 198 g/mol. The highest BCUT2D eigenvalue weighted by Crippen LogP contribution is 2.36. The lowest BCUT2D eigenvalue weighted by Crippen LogP contribution is -2.41. The van der Waals surface area contributed by atoms with Crippen molar-refractivity contribution in [1.29, 1.82) is 0 Å². The van der Waals surface area contributed by atoms with Crippen LogP contribution in [0.3, 0.4) is 0 Å². The third-order valence-corrected chi connectivity index (χ3v) is 3.56. The summed E-state index contributed by atoms with van der Waals surface area (Å²) in [4.78, 5) is 12.1. The maximum absolute atomic E-state index is 12.1. The Balaban J connectivity index is 2.77. The molecule has 2 nitrogen and oxygen atoms in total. The first-order valence-electron chi connectivity index (χ1n) is 5.67. The average Bonchev–Trinajstić information content (AvgIpc) is 2.02. The van der Waals surface area contributed by atoms with Gasteiger partial charge in [-0.05, 0) is 31.6 Å². The Labute approximate surface area is 86.7 Å². The van der Waals surface area contributed by atoms with Crippen molar-refractivity contribution < 1.29 is 9.90 Å². The smallest absolute Gasteiger partial charge is 0.142 e. The van der Waals surface area contributed by atoms with E-state index in [2.05, 4.69) is 20.8 Å². The Kier molecular flexibility index (Phi) is 3.71. The van der Waals surface area contributed by atoms with Gasteiger partial charge in [0.2, 0.25) is 0 Å². The first-order valence-corrected chi connectivity index (χ1v) is 5.67. The van der Waals surface area contributed by atoms with Crippen LogP contribution in [0.1, 0.15) is 40.5 Å². The Morgan fingerprint density at radius 3 is 2.29 bits per heavy atom. The average molecular weight is 198 g/mol. The van der Waals surface area contributed by atoms with Crippen molar-refractivity contribution in [1.82, 2.24) is 0 Å². The molecule has 1 N–H and O–H groups in total. The molecule has 0 unspecified atom stereocenters. The number of hydrogen-bond donors (Lipinski definition) is 1. The van der Waals surface area contributed by atoms with E-state index in [0.29, 0.717) is 11.8 Å². The molecule has 1 aliphatic carbocycles. The van der Waals surface area contributed by atoms with Gasteiger partial charge in [-0.25, -0.2) is 0 Å². The van der Waals surface area contributed by atoms with E-state index in [-0.39, 0.29) is 17.6 Å². The number of ketones is 1. The zero-order valence-electron chi connectivity index (χ0n) is 9.66. The summed E-state index contributed by atoms with van der Waals surface area (Å²) in [5, 5.41) is 9.60. The summed E-state index contributed by atoms with van der Waals surface area (Å²) in [6.45, 7) is 8.00. The number of hydrogen-bond acceptors (Lipinski definition) is 2. The van der Waals surface area contributed by atoms with Gasteiger partial charge in [-0.2, -0.15) is 0 Å². The number of carbonyl (C=O) groups is 1. The van der Waals surface area contributed by atoms with Gasteiger partial charge >= 0.3 is 0 Å². The molecule has 14 heavy (non-hydrogen) atoms. The molecule has 0 aromatic carbocycles. The second-order valence-corrected chi connectivity index (χ2v) is 5.07. The number of Topliss-reactive ketones (excluding diaryl/α,β-unsaturated/α-hetero) is 1. The van der Waals surface area contributed by atoms with Gasteiger partial charge < -0.3 is 5.11 Å². The lowest BCUT2D eigenvalue weighted by Gasteiger charge is -2.36. The largest absolute Gasteiger partial charge is 0.393 e. The summed E-state index contributed by atoms with van der Waals surface area (Å²) >= 11 is 0. The first kappa shape index (κ1) is 11.7. The molecule has 1 rings (SSSR count). The van der Waals surface area contributed by atoms with Gasteiger partial charge in [-0.1, -0.05) is 20.8 Å². The standard InChI is InChI=1S/C12H22O2/c1-7(2)10-6-5-8(3)11(9(4)13)12(10)14/h7-11,13H,5-6H2,1-4H3/t8-,9-,10+,11-/m1/s1. The molecular formula is C12H22O2. The molecule has 1 saturated carbocycles. The fraction of sp³-hybridized carbons (Fsp3) is 0.917. The molecule has 1 aliphatic rings. The summed E-state index contributed by atoms with van der Waals surface area (Å²) in [5.74, 6) is 1.09. The van der Waals surface area contributed by atoms with Crippen molar-refractivity contribution in [3.8, 4) is 0 Å². The van der Waals surface area contributed by atoms with Gasteiger partial charge in [-0.15, -0.1) is 0 Å². The fourth-order valence-corrected chi connectivity index (χ4v) is 2.67. The highest BCUT2D eigenvalue weighted by Gasteiger charge is 2.39. The topological polar surface area (TPSA) is 37.3 Å². The quantitative estimate of drug-likeness (QED) is 0.739. The van der Waals surface area contributed by atoms with Gasteiger partial charge in [-0.3, -0.25) is 4.79 Å². The van der Waals surface area contributed by atoms with E-state index in [0.717, 1.165) is 12.8 Å². The highest BCUT2D eigenvalue weighted by molar-refractivity contribution is 5.85. The summed E-state index contributed by atoms with van der Waals surface area (Å²) in [6, 6.07) is 0. The normalized spacial score (nSPS) is 36.1. The molecule has 1 fully saturated rings. The van der Waals surface area contributed by atoms with Crippen molar-refractivity contribution in [3.05, 3.63) is 0 Å². The molecule has 0 heterocycles. The minimum absolute atomic E-state index is 0.129. The van der Waals surface area contributed by atoms with Gasteiger partial charge in [0.15, 0.2) is 0 Å². The van der Waals surface area contributed by atoms with Crippen molar-refractivity contribution in [3.63, 3.8) is 0 Å². The van der Waals surface area contributed by atoms with Crippen molar-refractivity contribution in [2.24, 2.45) is 23.7 Å². The summed E-state index contributed by atoms with van der Waals surface area (Å²) in [6.07, 6.45) is 1.59. The SMILES string of the molecule is CC(C)[C@@H]1CC[C@@H](C)[C@H]([C@@H](C)O)C1=O. The molecule has 0 saturated heterocycles. The lowest BCUT2D eigenvalue weighted by atomic mass is 9.68. The Morgan fingerprint density at radius 1 is 1.29 bits per heavy atom. The molecular weight excluding hydrogens is 176 g/mol. The van der Waals surface area contributed by atoms with Crippen LogP contribution in [0.5, 0.6) is 0 Å². The van der Waals surface area contributed by atoms with Crippen LogP contribution in [-0.4, -0.2) is 17.0 Å². The minimum atomic E-state index is -0.487. The Morgan fingerprint density at radius 2 is 1.86 bits per heavy atom. The zero-order valence-corrected chi connectivity index (χ0v) is 9.66. The van der Waals surface area contributed by atoms with Crippen LogP contribution >= 0.6 is 0 Å². The molecule has 0 bridgehead atoms. The summed E-state index contributed by atoms with van der Waals surface area (Å²) < 4.78 is 0. The van der Waals surface area contributed by atoms with Crippen LogP contribution in [0.25, 0.3) is 0 Å². The molecule has 0 aliphatic heterocycles. The molecule has 0 spiro atoms. The van der Waals surface area contributed by atoms with E-state index in [4.69, 9.17) is 0 Å². The summed E-state index contributed by atoms with van der Waals surface area (Å²) in [7, 11) is 0. The minimum Gasteiger partial charge on any atom is -0.393 e. The van der Waals surface area contributed by atoms with Crippen LogP contribution in [0.4, 0.5) is 0 Å². The fourth-order valence-electron chi connectivity index (χ4n) is 2.67. The van der Waals surface area contributed by atoms with E-state index in [9.17, 15) is 9.90 Å². The molecule has 0 amide bonds. The van der Waals surface area contributed by atoms with E-state index < -0.39 is 6.10 Å². The molecule has 82 valence electrons. The molecule has 0 radical (unpaired) electrons. The first-order chi connectivity index (χ1) is 6.45. The third kappa shape index (κ3) is 2.17. The van der Waals surface area contributed by atoms with Crippen LogP contribution in [0, 0.1) is 23.7 Å². The molecule has 2 heteroatoms. The number of rotatable bonds is 2. The molecule has 0 aromatic heterocycles. The van der Waals surface area contributed by atoms with Gasteiger partial charge in [0, 0.05) is 11.8 Å². The van der Waals surface area contributed by atoms with E-state index in [1.807, 2.05) is 0 Å². The van der Waals surface area contributed by atoms with Crippen LogP contribution < -0.4 is 0 Å². The number of carbonyl (C=O) groups excluding carboxylic acids is 1.